The largest absolute Gasteiger partial charge is 0.398 e. The summed E-state index contributed by atoms with van der Waals surface area (Å²) in [6.07, 6.45) is 0.228. The first-order chi connectivity index (χ1) is 9.54. The average molecular weight is 344 g/mol. The number of carbonyl (C=O) groups excluding carboxylic acids is 2. The normalized spacial score (nSPS) is 10.1. The van der Waals surface area contributed by atoms with E-state index < -0.39 is 0 Å². The molecule has 0 aliphatic heterocycles. The van der Waals surface area contributed by atoms with Crippen molar-refractivity contribution in [1.82, 2.24) is 10.6 Å². The highest BCUT2D eigenvalue weighted by molar-refractivity contribution is 9.10. The molecule has 0 fully saturated rings. The summed E-state index contributed by atoms with van der Waals surface area (Å²) in [5.41, 5.74) is 6.71. The number of nitrogen functional groups attached to an aromatic ring is 1. The molecule has 20 heavy (non-hydrogen) atoms. The monoisotopic (exact) mass is 343 g/mol. The van der Waals surface area contributed by atoms with Crippen molar-refractivity contribution in [2.45, 2.75) is 6.42 Å². The Bertz CT molecular complexity index is 480. The topological polar surface area (TPSA) is 93.5 Å². The quantitative estimate of drug-likeness (QED) is 0.506. The number of carbonyl (C=O) groups is 2. The van der Waals surface area contributed by atoms with Crippen molar-refractivity contribution >= 4 is 33.4 Å². The van der Waals surface area contributed by atoms with Crippen molar-refractivity contribution in [1.29, 1.82) is 0 Å². The van der Waals surface area contributed by atoms with Crippen LogP contribution in [-0.2, 0) is 9.53 Å². The molecule has 0 bridgehead atoms. The maximum absolute atomic E-state index is 11.8. The van der Waals surface area contributed by atoms with E-state index in [2.05, 4.69) is 26.6 Å². The number of rotatable bonds is 7. The lowest BCUT2D eigenvalue weighted by atomic mass is 10.2. The number of halogens is 1. The number of methoxy groups -OCH3 is 1. The van der Waals surface area contributed by atoms with Gasteiger partial charge in [0.1, 0.15) is 0 Å². The number of anilines is 1. The molecule has 0 atom stereocenters. The van der Waals surface area contributed by atoms with Crippen LogP contribution < -0.4 is 16.4 Å². The van der Waals surface area contributed by atoms with E-state index in [0.29, 0.717) is 28.9 Å². The van der Waals surface area contributed by atoms with Crippen LogP contribution in [0.15, 0.2) is 22.7 Å². The van der Waals surface area contributed by atoms with Crippen molar-refractivity contribution in [3.05, 3.63) is 28.2 Å². The molecule has 0 heterocycles. The number of hydrogen-bond donors (Lipinski definition) is 3. The zero-order valence-corrected chi connectivity index (χ0v) is 12.8. The first-order valence-corrected chi connectivity index (χ1v) is 6.92. The lowest BCUT2D eigenvalue weighted by Crippen LogP contribution is -2.32. The van der Waals surface area contributed by atoms with Gasteiger partial charge >= 0.3 is 0 Å². The zero-order valence-electron chi connectivity index (χ0n) is 11.2. The number of nitrogens with one attached hydrogen (secondary N) is 2. The van der Waals surface area contributed by atoms with E-state index >= 15 is 0 Å². The molecule has 0 saturated heterocycles. The highest BCUT2D eigenvalue weighted by Crippen LogP contribution is 2.20. The Balaban J connectivity index is 2.32. The van der Waals surface area contributed by atoms with E-state index in [9.17, 15) is 9.59 Å². The van der Waals surface area contributed by atoms with Crippen LogP contribution in [0, 0.1) is 0 Å². The SMILES string of the molecule is COCCNC(=O)CCNC(=O)c1ccc(N)c(Br)c1. The Morgan fingerprint density at radius 2 is 2.05 bits per heavy atom. The molecule has 4 N–H and O–H groups in total. The molecular formula is C13H18BrN3O3. The van der Waals surface area contributed by atoms with E-state index in [4.69, 9.17) is 10.5 Å². The van der Waals surface area contributed by atoms with Crippen LogP contribution in [0.3, 0.4) is 0 Å². The molecule has 0 radical (unpaired) electrons. The van der Waals surface area contributed by atoms with Gasteiger partial charge in [-0.25, -0.2) is 0 Å². The number of nitrogens with two attached hydrogens (primary N) is 1. The van der Waals surface area contributed by atoms with E-state index in [1.165, 1.54) is 0 Å². The summed E-state index contributed by atoms with van der Waals surface area (Å²) in [7, 11) is 1.57. The van der Waals surface area contributed by atoms with Gasteiger partial charge in [-0.15, -0.1) is 0 Å². The minimum Gasteiger partial charge on any atom is -0.398 e. The van der Waals surface area contributed by atoms with Gasteiger partial charge in [0.25, 0.3) is 5.91 Å². The Labute approximate surface area is 126 Å². The maximum atomic E-state index is 11.8. The summed E-state index contributed by atoms with van der Waals surface area (Å²) in [5, 5.41) is 5.35. The van der Waals surface area contributed by atoms with Crippen molar-refractivity contribution in [3.63, 3.8) is 0 Å². The summed E-state index contributed by atoms with van der Waals surface area (Å²) in [6.45, 7) is 1.21. The minimum absolute atomic E-state index is 0.124. The summed E-state index contributed by atoms with van der Waals surface area (Å²) < 4.78 is 5.48. The van der Waals surface area contributed by atoms with Gasteiger partial charge in [0.05, 0.1) is 6.61 Å². The fraction of sp³-hybridized carbons (Fsp3) is 0.385. The summed E-state index contributed by atoms with van der Waals surface area (Å²) in [6, 6.07) is 4.92. The third-order valence-electron chi connectivity index (χ3n) is 2.53. The second kappa shape index (κ2) is 8.55. The molecule has 7 heteroatoms. The maximum Gasteiger partial charge on any atom is 0.251 e. The third kappa shape index (κ3) is 5.58. The number of amides is 2. The second-order valence-corrected chi connectivity index (χ2v) is 4.94. The van der Waals surface area contributed by atoms with Crippen LogP contribution in [0.1, 0.15) is 16.8 Å². The molecule has 0 saturated carbocycles. The first kappa shape index (κ1) is 16.5. The molecule has 2 amide bonds. The molecule has 6 nitrogen and oxygen atoms in total. The molecule has 0 unspecified atom stereocenters. The van der Waals surface area contributed by atoms with Gasteiger partial charge in [0.2, 0.25) is 5.91 Å². The molecule has 1 rings (SSSR count). The van der Waals surface area contributed by atoms with Crippen molar-refractivity contribution in [2.24, 2.45) is 0 Å². The van der Waals surface area contributed by atoms with E-state index in [0.717, 1.165) is 0 Å². The van der Waals surface area contributed by atoms with Crippen molar-refractivity contribution < 1.29 is 14.3 Å². The van der Waals surface area contributed by atoms with E-state index in [-0.39, 0.29) is 24.8 Å². The third-order valence-corrected chi connectivity index (χ3v) is 3.22. The Morgan fingerprint density at radius 1 is 1.30 bits per heavy atom. The van der Waals surface area contributed by atoms with Crippen LogP contribution in [0.2, 0.25) is 0 Å². The van der Waals surface area contributed by atoms with Gasteiger partial charge in [0, 0.05) is 42.3 Å². The minimum atomic E-state index is -0.240. The number of ether oxygens (including phenoxy) is 1. The van der Waals surface area contributed by atoms with Gasteiger partial charge < -0.3 is 21.1 Å². The summed E-state index contributed by atoms with van der Waals surface area (Å²) >= 11 is 3.26. The van der Waals surface area contributed by atoms with Crippen molar-refractivity contribution in [2.75, 3.05) is 32.5 Å². The Morgan fingerprint density at radius 3 is 2.70 bits per heavy atom. The predicted octanol–water partition coefficient (Wildman–Crippen LogP) is 0.914. The second-order valence-electron chi connectivity index (χ2n) is 4.08. The van der Waals surface area contributed by atoms with E-state index in [1.54, 1.807) is 25.3 Å². The molecule has 0 aromatic heterocycles. The fourth-order valence-corrected chi connectivity index (χ4v) is 1.82. The molecule has 0 aliphatic carbocycles. The predicted molar refractivity (Wildman–Crippen MR) is 80.4 cm³/mol. The van der Waals surface area contributed by atoms with Gasteiger partial charge in [-0.3, -0.25) is 9.59 Å². The molecule has 1 aromatic carbocycles. The lowest BCUT2D eigenvalue weighted by molar-refractivity contribution is -0.121. The van der Waals surface area contributed by atoms with Crippen LogP contribution in [-0.4, -0.2) is 38.6 Å². The zero-order chi connectivity index (χ0) is 15.0. The van der Waals surface area contributed by atoms with Gasteiger partial charge in [-0.1, -0.05) is 0 Å². The molecule has 1 aromatic rings. The molecule has 110 valence electrons. The van der Waals surface area contributed by atoms with Crippen LogP contribution in [0.25, 0.3) is 0 Å². The first-order valence-electron chi connectivity index (χ1n) is 6.13. The summed E-state index contributed by atoms with van der Waals surface area (Å²) in [4.78, 5) is 23.2. The lowest BCUT2D eigenvalue weighted by Gasteiger charge is -2.07. The van der Waals surface area contributed by atoms with Gasteiger partial charge in [0.15, 0.2) is 0 Å². The van der Waals surface area contributed by atoms with Crippen LogP contribution in [0.5, 0.6) is 0 Å². The molecule has 0 spiro atoms. The van der Waals surface area contributed by atoms with Gasteiger partial charge in [-0.2, -0.15) is 0 Å². The highest BCUT2D eigenvalue weighted by atomic mass is 79.9. The van der Waals surface area contributed by atoms with Crippen LogP contribution in [0.4, 0.5) is 5.69 Å². The number of benzene rings is 1. The highest BCUT2D eigenvalue weighted by Gasteiger charge is 2.08. The molecular weight excluding hydrogens is 326 g/mol. The Kier molecular flexibility index (Phi) is 7.03. The van der Waals surface area contributed by atoms with Crippen LogP contribution >= 0.6 is 15.9 Å². The summed E-state index contributed by atoms with van der Waals surface area (Å²) in [5.74, 6) is -0.365. The van der Waals surface area contributed by atoms with E-state index in [1.807, 2.05) is 0 Å². The Hall–Kier alpha value is -1.60. The fourth-order valence-electron chi connectivity index (χ4n) is 1.44. The average Bonchev–Trinajstić information content (AvgIpc) is 2.42. The molecule has 0 aliphatic rings. The van der Waals surface area contributed by atoms with Gasteiger partial charge in [-0.05, 0) is 34.1 Å². The smallest absolute Gasteiger partial charge is 0.251 e. The van der Waals surface area contributed by atoms with Crippen molar-refractivity contribution in [3.8, 4) is 0 Å². The number of hydrogen-bond acceptors (Lipinski definition) is 4. The standard InChI is InChI=1S/C13H18BrN3O3/c1-20-7-6-16-12(18)4-5-17-13(19)9-2-3-11(15)10(14)8-9/h2-3,8H,4-7,15H2,1H3,(H,16,18)(H,17,19).